The summed E-state index contributed by atoms with van der Waals surface area (Å²) < 4.78 is 9.69. The van der Waals surface area contributed by atoms with Crippen LogP contribution in [0.2, 0.25) is 0 Å². The predicted molar refractivity (Wildman–Crippen MR) is 59.9 cm³/mol. The molecule has 0 saturated carbocycles. The minimum absolute atomic E-state index is 0.333. The largest absolute Gasteiger partial charge is 0.463 e. The lowest BCUT2D eigenvalue weighted by atomic mass is 10.3. The molecule has 0 aromatic carbocycles. The van der Waals surface area contributed by atoms with Crippen LogP contribution in [0.15, 0.2) is 33.5 Å². The maximum absolute atomic E-state index is 11.1. The monoisotopic (exact) mass is 222 g/mol. The van der Waals surface area contributed by atoms with Crippen molar-refractivity contribution < 1.29 is 13.9 Å². The summed E-state index contributed by atoms with van der Waals surface area (Å²) in [6.07, 6.45) is 4.48. The molecule has 0 N–H and O–H groups in total. The molecule has 0 fully saturated rings. The number of carbonyl (C=O) groups is 1. The second-order valence-electron chi connectivity index (χ2n) is 3.20. The second kappa shape index (κ2) is 6.61. The fourth-order valence-corrected chi connectivity index (χ4v) is 1.01. The summed E-state index contributed by atoms with van der Waals surface area (Å²) >= 11 is 0. The van der Waals surface area contributed by atoms with Gasteiger partial charge in [-0.3, -0.25) is 0 Å². The van der Waals surface area contributed by atoms with Crippen LogP contribution in [0.4, 0.5) is 0 Å². The SMILES string of the molecule is CCCCOC(=O)C=Cc1cccc(=O)o1. The Morgan fingerprint density at radius 1 is 1.50 bits per heavy atom. The van der Waals surface area contributed by atoms with Crippen LogP contribution in [-0.4, -0.2) is 12.6 Å². The fourth-order valence-electron chi connectivity index (χ4n) is 1.01. The average Bonchev–Trinajstić information content (AvgIpc) is 2.27. The van der Waals surface area contributed by atoms with Gasteiger partial charge >= 0.3 is 11.6 Å². The van der Waals surface area contributed by atoms with E-state index in [4.69, 9.17) is 9.15 Å². The van der Waals surface area contributed by atoms with Crippen molar-refractivity contribution in [3.8, 4) is 0 Å². The molecule has 1 aromatic heterocycles. The van der Waals surface area contributed by atoms with Crippen LogP contribution >= 0.6 is 0 Å². The highest BCUT2D eigenvalue weighted by molar-refractivity contribution is 5.86. The van der Waals surface area contributed by atoms with Crippen LogP contribution in [0.3, 0.4) is 0 Å². The van der Waals surface area contributed by atoms with E-state index in [0.29, 0.717) is 12.4 Å². The van der Waals surface area contributed by atoms with Crippen molar-refractivity contribution in [3.63, 3.8) is 0 Å². The number of esters is 1. The molecular weight excluding hydrogens is 208 g/mol. The number of carbonyl (C=O) groups excluding carboxylic acids is 1. The maximum Gasteiger partial charge on any atom is 0.336 e. The van der Waals surface area contributed by atoms with Crippen LogP contribution < -0.4 is 5.63 Å². The highest BCUT2D eigenvalue weighted by atomic mass is 16.5. The summed E-state index contributed by atoms with van der Waals surface area (Å²) in [6, 6.07) is 4.46. The number of unbranched alkanes of at least 4 members (excludes halogenated alkanes) is 1. The van der Waals surface area contributed by atoms with Gasteiger partial charge in [0.25, 0.3) is 0 Å². The lowest BCUT2D eigenvalue weighted by Crippen LogP contribution is -2.02. The molecule has 0 aliphatic heterocycles. The van der Waals surface area contributed by atoms with Crippen LogP contribution in [-0.2, 0) is 9.53 Å². The Kier molecular flexibility index (Phi) is 5.05. The minimum atomic E-state index is -0.443. The quantitative estimate of drug-likeness (QED) is 0.434. The molecule has 86 valence electrons. The lowest BCUT2D eigenvalue weighted by molar-refractivity contribution is -0.137. The van der Waals surface area contributed by atoms with Crippen molar-refractivity contribution >= 4 is 12.0 Å². The second-order valence-corrected chi connectivity index (χ2v) is 3.20. The number of hydrogen-bond donors (Lipinski definition) is 0. The molecule has 0 unspecified atom stereocenters. The summed E-state index contributed by atoms with van der Waals surface area (Å²) in [7, 11) is 0. The first-order valence-corrected chi connectivity index (χ1v) is 5.17. The first-order valence-electron chi connectivity index (χ1n) is 5.17. The van der Waals surface area contributed by atoms with Crippen LogP contribution in [0, 0.1) is 0 Å². The molecular formula is C12H14O4. The van der Waals surface area contributed by atoms with Gasteiger partial charge in [0, 0.05) is 12.1 Å². The van der Waals surface area contributed by atoms with Crippen molar-refractivity contribution in [1.82, 2.24) is 0 Å². The molecule has 4 nitrogen and oxygen atoms in total. The predicted octanol–water partition coefficient (Wildman–Crippen LogP) is 2.00. The van der Waals surface area contributed by atoms with Gasteiger partial charge in [0.05, 0.1) is 6.61 Å². The summed E-state index contributed by atoms with van der Waals surface area (Å²) in [6.45, 7) is 2.43. The van der Waals surface area contributed by atoms with E-state index in [0.717, 1.165) is 12.8 Å². The third kappa shape index (κ3) is 4.59. The highest BCUT2D eigenvalue weighted by Crippen LogP contribution is 1.98. The van der Waals surface area contributed by atoms with Crippen molar-refractivity contribution in [2.24, 2.45) is 0 Å². The van der Waals surface area contributed by atoms with Crippen LogP contribution in [0.1, 0.15) is 25.5 Å². The van der Waals surface area contributed by atoms with Crippen molar-refractivity contribution in [2.45, 2.75) is 19.8 Å². The Hall–Kier alpha value is -1.84. The van der Waals surface area contributed by atoms with Gasteiger partial charge in [-0.1, -0.05) is 19.4 Å². The summed E-state index contributed by atoms with van der Waals surface area (Å²) in [5, 5.41) is 0. The molecule has 4 heteroatoms. The topological polar surface area (TPSA) is 56.5 Å². The molecule has 0 aliphatic carbocycles. The van der Waals surface area contributed by atoms with E-state index in [1.165, 1.54) is 18.2 Å². The molecule has 0 atom stereocenters. The van der Waals surface area contributed by atoms with E-state index in [1.807, 2.05) is 6.92 Å². The van der Waals surface area contributed by atoms with E-state index in [2.05, 4.69) is 0 Å². The smallest absolute Gasteiger partial charge is 0.336 e. The molecule has 0 radical (unpaired) electrons. The van der Waals surface area contributed by atoms with Gasteiger partial charge < -0.3 is 9.15 Å². The van der Waals surface area contributed by atoms with Gasteiger partial charge in [0.2, 0.25) is 0 Å². The zero-order valence-corrected chi connectivity index (χ0v) is 9.14. The third-order valence-electron chi connectivity index (χ3n) is 1.84. The van der Waals surface area contributed by atoms with Gasteiger partial charge in [-0.15, -0.1) is 0 Å². The maximum atomic E-state index is 11.1. The Labute approximate surface area is 93.5 Å². The molecule has 16 heavy (non-hydrogen) atoms. The van der Waals surface area contributed by atoms with Gasteiger partial charge in [-0.05, 0) is 18.6 Å². The Morgan fingerprint density at radius 2 is 2.31 bits per heavy atom. The minimum Gasteiger partial charge on any atom is -0.463 e. The molecule has 0 spiro atoms. The van der Waals surface area contributed by atoms with Crippen molar-refractivity contribution in [3.05, 3.63) is 40.5 Å². The first-order chi connectivity index (χ1) is 7.72. The standard InChI is InChI=1S/C12H14O4/c1-2-3-9-15-11(13)8-7-10-5-4-6-12(14)16-10/h4-8H,2-3,9H2,1H3. The third-order valence-corrected chi connectivity index (χ3v) is 1.84. The lowest BCUT2D eigenvalue weighted by Gasteiger charge is -1.98. The Balaban J connectivity index is 2.47. The van der Waals surface area contributed by atoms with Gasteiger partial charge in [-0.2, -0.15) is 0 Å². The van der Waals surface area contributed by atoms with E-state index in [9.17, 15) is 9.59 Å². The van der Waals surface area contributed by atoms with E-state index >= 15 is 0 Å². The first kappa shape index (κ1) is 12.2. The van der Waals surface area contributed by atoms with E-state index in [1.54, 1.807) is 12.1 Å². The molecule has 1 aromatic rings. The zero-order valence-electron chi connectivity index (χ0n) is 9.14. The highest BCUT2D eigenvalue weighted by Gasteiger charge is 1.96. The normalized spacial score (nSPS) is 10.6. The van der Waals surface area contributed by atoms with Gasteiger partial charge in [0.1, 0.15) is 5.76 Å². The molecule has 0 saturated heterocycles. The number of ether oxygens (including phenoxy) is 1. The van der Waals surface area contributed by atoms with Crippen LogP contribution in [0.25, 0.3) is 6.08 Å². The van der Waals surface area contributed by atoms with Crippen molar-refractivity contribution in [2.75, 3.05) is 6.61 Å². The molecule has 1 rings (SSSR count). The number of rotatable bonds is 5. The van der Waals surface area contributed by atoms with E-state index in [-0.39, 0.29) is 0 Å². The molecule has 0 aliphatic rings. The Morgan fingerprint density at radius 3 is 3.00 bits per heavy atom. The summed E-state index contributed by atoms with van der Waals surface area (Å²) in [4.78, 5) is 22.0. The van der Waals surface area contributed by atoms with Gasteiger partial charge in [0.15, 0.2) is 0 Å². The Bertz CT molecular complexity index is 417. The number of hydrogen-bond acceptors (Lipinski definition) is 4. The summed E-state index contributed by atoms with van der Waals surface area (Å²) in [5.74, 6) is -0.0973. The fraction of sp³-hybridized carbons (Fsp3) is 0.333. The van der Waals surface area contributed by atoms with Gasteiger partial charge in [-0.25, -0.2) is 9.59 Å². The van der Waals surface area contributed by atoms with Crippen molar-refractivity contribution in [1.29, 1.82) is 0 Å². The molecule has 0 bridgehead atoms. The molecule has 1 heterocycles. The van der Waals surface area contributed by atoms with Crippen LogP contribution in [0.5, 0.6) is 0 Å². The summed E-state index contributed by atoms with van der Waals surface area (Å²) in [5.41, 5.74) is -0.443. The van der Waals surface area contributed by atoms with E-state index < -0.39 is 11.6 Å². The molecule has 0 amide bonds. The average molecular weight is 222 g/mol. The zero-order chi connectivity index (χ0) is 11.8.